The molecule has 0 aromatic carbocycles. The van der Waals surface area contributed by atoms with Crippen molar-refractivity contribution >= 4 is 0 Å². The highest BCUT2D eigenvalue weighted by Crippen LogP contribution is 2.46. The van der Waals surface area contributed by atoms with Crippen molar-refractivity contribution in [2.75, 3.05) is 6.54 Å². The van der Waals surface area contributed by atoms with Crippen LogP contribution in [0.3, 0.4) is 0 Å². The molecule has 0 amide bonds. The lowest BCUT2D eigenvalue weighted by atomic mass is 9.65. The Morgan fingerprint density at radius 1 is 1.33 bits per heavy atom. The number of hydrogen-bond donors (Lipinski definition) is 0. The van der Waals surface area contributed by atoms with Gasteiger partial charge in [0, 0.05) is 37.4 Å². The molecule has 3 nitrogen and oxygen atoms in total. The fraction of sp³-hybridized carbons (Fsp3) is 0.750. The lowest BCUT2D eigenvalue weighted by molar-refractivity contribution is -0.122. The van der Waals surface area contributed by atoms with Gasteiger partial charge >= 0.3 is 0 Å². The van der Waals surface area contributed by atoms with Gasteiger partial charge in [-0.05, 0) is 19.3 Å². The Morgan fingerprint density at radius 3 is 2.40 bits per heavy atom. The average Bonchev–Trinajstić information content (AvgIpc) is 2.50. The van der Waals surface area contributed by atoms with E-state index in [0.717, 1.165) is 6.54 Å². The Morgan fingerprint density at radius 2 is 2.00 bits per heavy atom. The molecule has 1 saturated heterocycles. The summed E-state index contributed by atoms with van der Waals surface area (Å²) in [6.07, 6.45) is 4.06. The first-order chi connectivity index (χ1) is 6.83. The first kappa shape index (κ1) is 10.7. The monoisotopic (exact) mass is 207 g/mol. The minimum absolute atomic E-state index is 0.294. The first-order valence-electron chi connectivity index (χ1n) is 5.55. The molecule has 0 aliphatic carbocycles. The smallest absolute Gasteiger partial charge is 0.0534 e. The maximum atomic E-state index is 4.20. The SMILES string of the molecule is Cn1cc(CN2CC(C)(C)C2(C)C)cn1. The quantitative estimate of drug-likeness (QED) is 0.740. The summed E-state index contributed by atoms with van der Waals surface area (Å²) in [7, 11) is 1.97. The molecule has 2 heterocycles. The Hall–Kier alpha value is -0.830. The molecule has 0 bridgehead atoms. The second kappa shape index (κ2) is 3.08. The molecule has 0 saturated carbocycles. The minimum Gasteiger partial charge on any atom is -0.293 e. The van der Waals surface area contributed by atoms with E-state index in [9.17, 15) is 0 Å². The van der Waals surface area contributed by atoms with E-state index >= 15 is 0 Å². The summed E-state index contributed by atoms with van der Waals surface area (Å²) in [5.74, 6) is 0. The molecule has 0 unspecified atom stereocenters. The molecule has 1 aliphatic rings. The minimum atomic E-state index is 0.294. The Kier molecular flexibility index (Phi) is 2.19. The summed E-state index contributed by atoms with van der Waals surface area (Å²) in [6.45, 7) is 11.5. The lowest BCUT2D eigenvalue weighted by Gasteiger charge is -2.61. The van der Waals surface area contributed by atoms with Crippen LogP contribution in [0.2, 0.25) is 0 Å². The van der Waals surface area contributed by atoms with Gasteiger partial charge in [-0.25, -0.2) is 0 Å². The zero-order chi connectivity index (χ0) is 11.3. The van der Waals surface area contributed by atoms with Gasteiger partial charge < -0.3 is 0 Å². The second-order valence-electron chi connectivity index (χ2n) is 5.82. The fourth-order valence-electron chi connectivity index (χ4n) is 2.23. The van der Waals surface area contributed by atoms with E-state index in [0.29, 0.717) is 11.0 Å². The van der Waals surface area contributed by atoms with Crippen LogP contribution < -0.4 is 0 Å². The van der Waals surface area contributed by atoms with Gasteiger partial charge in [0.05, 0.1) is 6.20 Å². The molecule has 1 aromatic heterocycles. The van der Waals surface area contributed by atoms with Crippen LogP contribution >= 0.6 is 0 Å². The van der Waals surface area contributed by atoms with E-state index in [1.165, 1.54) is 12.1 Å². The summed E-state index contributed by atoms with van der Waals surface area (Å²) in [4.78, 5) is 2.52. The van der Waals surface area contributed by atoms with Crippen molar-refractivity contribution in [3.05, 3.63) is 18.0 Å². The fourth-order valence-corrected chi connectivity index (χ4v) is 2.23. The van der Waals surface area contributed by atoms with Gasteiger partial charge in [-0.15, -0.1) is 0 Å². The molecule has 0 N–H and O–H groups in total. The molecule has 0 atom stereocenters. The molecular formula is C12H21N3. The normalized spacial score (nSPS) is 23.8. The number of hydrogen-bond acceptors (Lipinski definition) is 2. The summed E-state index contributed by atoms with van der Waals surface area (Å²) >= 11 is 0. The van der Waals surface area contributed by atoms with Gasteiger partial charge in [0.25, 0.3) is 0 Å². The van der Waals surface area contributed by atoms with Crippen LogP contribution in [-0.4, -0.2) is 26.8 Å². The van der Waals surface area contributed by atoms with E-state index < -0.39 is 0 Å². The molecule has 1 aliphatic heterocycles. The van der Waals surface area contributed by atoms with Crippen molar-refractivity contribution in [2.45, 2.75) is 39.8 Å². The zero-order valence-corrected chi connectivity index (χ0v) is 10.4. The third-order valence-corrected chi connectivity index (χ3v) is 4.16. The molecular weight excluding hydrogens is 186 g/mol. The molecule has 3 heteroatoms. The Labute approximate surface area is 92.1 Å². The molecule has 84 valence electrons. The predicted molar refractivity (Wildman–Crippen MR) is 61.5 cm³/mol. The van der Waals surface area contributed by atoms with Crippen molar-refractivity contribution in [1.29, 1.82) is 0 Å². The Balaban J connectivity index is 2.04. The van der Waals surface area contributed by atoms with Crippen LogP contribution in [0.25, 0.3) is 0 Å². The van der Waals surface area contributed by atoms with Crippen molar-refractivity contribution in [3.63, 3.8) is 0 Å². The van der Waals surface area contributed by atoms with Crippen molar-refractivity contribution in [2.24, 2.45) is 12.5 Å². The van der Waals surface area contributed by atoms with Crippen LogP contribution in [0.15, 0.2) is 12.4 Å². The average molecular weight is 207 g/mol. The number of nitrogens with zero attached hydrogens (tertiary/aromatic N) is 3. The van der Waals surface area contributed by atoms with Crippen LogP contribution in [-0.2, 0) is 13.6 Å². The molecule has 0 spiro atoms. The van der Waals surface area contributed by atoms with Gasteiger partial charge in [-0.2, -0.15) is 5.10 Å². The maximum absolute atomic E-state index is 4.20. The first-order valence-corrected chi connectivity index (χ1v) is 5.55. The van der Waals surface area contributed by atoms with Gasteiger partial charge in [0.2, 0.25) is 0 Å². The highest BCUT2D eigenvalue weighted by molar-refractivity contribution is 5.11. The number of rotatable bonds is 2. The summed E-state index contributed by atoms with van der Waals surface area (Å²) < 4.78 is 1.87. The molecule has 1 fully saturated rings. The molecule has 0 radical (unpaired) electrons. The number of aryl methyl sites for hydroxylation is 1. The van der Waals surface area contributed by atoms with Gasteiger partial charge in [0.15, 0.2) is 0 Å². The van der Waals surface area contributed by atoms with Gasteiger partial charge in [-0.3, -0.25) is 9.58 Å². The summed E-state index contributed by atoms with van der Waals surface area (Å²) in [5, 5.41) is 4.20. The number of aromatic nitrogens is 2. The van der Waals surface area contributed by atoms with Gasteiger partial charge in [-0.1, -0.05) is 13.8 Å². The predicted octanol–water partition coefficient (Wildman–Crippen LogP) is 2.04. The van der Waals surface area contributed by atoms with E-state index in [1.54, 1.807) is 0 Å². The van der Waals surface area contributed by atoms with Crippen LogP contribution in [0.1, 0.15) is 33.3 Å². The number of likely N-dealkylation sites (tertiary alicyclic amines) is 1. The summed E-state index contributed by atoms with van der Waals surface area (Å²) in [6, 6.07) is 0. The zero-order valence-electron chi connectivity index (χ0n) is 10.4. The highest BCUT2D eigenvalue weighted by atomic mass is 15.3. The van der Waals surface area contributed by atoms with Crippen LogP contribution in [0, 0.1) is 5.41 Å². The standard InChI is InChI=1S/C12H21N3/c1-11(2)9-15(12(11,3)4)8-10-6-13-14(5)7-10/h6-7H,8-9H2,1-5H3. The van der Waals surface area contributed by atoms with E-state index in [-0.39, 0.29) is 0 Å². The molecule has 1 aromatic rings. The second-order valence-corrected chi connectivity index (χ2v) is 5.82. The van der Waals surface area contributed by atoms with Crippen molar-refractivity contribution in [3.8, 4) is 0 Å². The maximum Gasteiger partial charge on any atom is 0.0534 e. The summed E-state index contributed by atoms with van der Waals surface area (Å²) in [5.41, 5.74) is 2.03. The highest BCUT2D eigenvalue weighted by Gasteiger charge is 2.51. The van der Waals surface area contributed by atoms with Gasteiger partial charge in [0.1, 0.15) is 0 Å². The van der Waals surface area contributed by atoms with Crippen LogP contribution in [0.5, 0.6) is 0 Å². The third-order valence-electron chi connectivity index (χ3n) is 4.16. The van der Waals surface area contributed by atoms with E-state index in [2.05, 4.69) is 43.9 Å². The van der Waals surface area contributed by atoms with Crippen molar-refractivity contribution < 1.29 is 0 Å². The third kappa shape index (κ3) is 1.59. The largest absolute Gasteiger partial charge is 0.293 e. The molecule has 2 rings (SSSR count). The molecule has 15 heavy (non-hydrogen) atoms. The lowest BCUT2D eigenvalue weighted by Crippen LogP contribution is -2.68. The topological polar surface area (TPSA) is 21.1 Å². The van der Waals surface area contributed by atoms with Crippen LogP contribution in [0.4, 0.5) is 0 Å². The van der Waals surface area contributed by atoms with E-state index in [4.69, 9.17) is 0 Å². The Bertz CT molecular complexity index is 363. The van der Waals surface area contributed by atoms with Crippen molar-refractivity contribution in [1.82, 2.24) is 14.7 Å². The van der Waals surface area contributed by atoms with E-state index in [1.807, 2.05) is 17.9 Å².